The number of Topliss-reactive ketones (excluding diaryl/α,β-unsaturated/α-hetero) is 1. The van der Waals surface area contributed by atoms with Crippen molar-refractivity contribution >= 4 is 33.4 Å². The first-order valence-corrected chi connectivity index (χ1v) is 28.1. The highest BCUT2D eigenvalue weighted by Crippen LogP contribution is 2.50. The molecule has 69 heavy (non-hydrogen) atoms. The standard InChI is InChI=1S/C47H84O20P2/c1-3-5-7-8-9-10-11-12-13-14-15-16-17-18-20-25-40(52)63-31-35-32-64-69(61,62)67-47-45(57)44(56)42(54)37(29-34(49)24-21-22-26-41(53)65-35)39(51)30-38(50)36(28-27-33(48)23-19-6-4-2)43(55)46(47)66-68(58,59)60/h12-13,27-28,33,35-39,42-48,50-51,54-57H,3-11,14-26,29-32H2,1-2H3,(H,61,62)(H2,58,59,60)/b13-12-,28-27+/t33-,35+,36-,37-,38+,39-,42+,43+,44-,45+,46+,47-/m0/s1. The Balaban J connectivity index is 2.32. The van der Waals surface area contributed by atoms with Gasteiger partial charge in [0.2, 0.25) is 0 Å². The summed E-state index contributed by atoms with van der Waals surface area (Å²) in [5.74, 6) is -5.57. The van der Waals surface area contributed by atoms with E-state index in [1.807, 2.05) is 6.92 Å². The van der Waals surface area contributed by atoms with Gasteiger partial charge in [-0.25, -0.2) is 9.13 Å². The second kappa shape index (κ2) is 34.5. The molecule has 0 amide bonds. The summed E-state index contributed by atoms with van der Waals surface area (Å²) in [4.78, 5) is 70.0. The van der Waals surface area contributed by atoms with Gasteiger partial charge in [-0.1, -0.05) is 109 Å². The second-order valence-corrected chi connectivity index (χ2v) is 21.1. The van der Waals surface area contributed by atoms with Crippen molar-refractivity contribution in [3.8, 4) is 0 Å². The topological polar surface area (TPSA) is 334 Å². The first-order valence-electron chi connectivity index (χ1n) is 25.1. The smallest absolute Gasteiger partial charge is 0.462 e. The highest BCUT2D eigenvalue weighted by atomic mass is 31.2. The maximum absolute atomic E-state index is 13.7. The van der Waals surface area contributed by atoms with Crippen LogP contribution in [0.4, 0.5) is 0 Å². The molecule has 1 saturated carbocycles. The summed E-state index contributed by atoms with van der Waals surface area (Å²) >= 11 is 0. The van der Waals surface area contributed by atoms with Crippen molar-refractivity contribution in [3.05, 3.63) is 24.3 Å². The van der Waals surface area contributed by atoms with E-state index in [4.69, 9.17) is 23.0 Å². The molecule has 22 heteroatoms. The number of cyclic esters (lactones) is 1. The van der Waals surface area contributed by atoms with Crippen molar-refractivity contribution in [2.24, 2.45) is 11.8 Å². The fourth-order valence-corrected chi connectivity index (χ4v) is 9.96. The van der Waals surface area contributed by atoms with Gasteiger partial charge in [-0.15, -0.1) is 0 Å². The van der Waals surface area contributed by atoms with Crippen molar-refractivity contribution in [3.63, 3.8) is 0 Å². The number of carbonyl (C=O) groups excluding carboxylic acids is 3. The summed E-state index contributed by atoms with van der Waals surface area (Å²) in [5, 5.41) is 79.6. The van der Waals surface area contributed by atoms with Crippen molar-refractivity contribution in [1.82, 2.24) is 0 Å². The molecule has 402 valence electrons. The molecular weight excluding hydrogens is 946 g/mol. The van der Waals surface area contributed by atoms with Crippen LogP contribution in [0.15, 0.2) is 24.3 Å². The molecule has 2 fully saturated rings. The van der Waals surface area contributed by atoms with E-state index in [9.17, 15) is 73.9 Å². The molecule has 1 saturated heterocycles. The van der Waals surface area contributed by atoms with Gasteiger partial charge in [0, 0.05) is 43.9 Å². The van der Waals surface area contributed by atoms with Gasteiger partial charge in [0.25, 0.3) is 0 Å². The quantitative estimate of drug-likeness (QED) is 0.0240. The number of unbranched alkanes of at least 4 members (excludes halogenated alkanes) is 13. The third-order valence-corrected chi connectivity index (χ3v) is 14.0. The summed E-state index contributed by atoms with van der Waals surface area (Å²) in [5.41, 5.74) is 0. The lowest BCUT2D eigenvalue weighted by molar-refractivity contribution is -0.166. The van der Waals surface area contributed by atoms with Crippen LogP contribution in [0.25, 0.3) is 0 Å². The molecule has 2 bridgehead atoms. The van der Waals surface area contributed by atoms with Gasteiger partial charge in [0.05, 0.1) is 37.1 Å². The predicted molar refractivity (Wildman–Crippen MR) is 253 cm³/mol. The van der Waals surface area contributed by atoms with Gasteiger partial charge >= 0.3 is 27.6 Å². The fraction of sp³-hybridized carbons (Fsp3) is 0.851. The third kappa shape index (κ3) is 26.5. The number of allylic oxidation sites excluding steroid dienone is 2. The number of rotatable bonds is 25. The number of esters is 2. The van der Waals surface area contributed by atoms with Crippen LogP contribution in [-0.4, -0.2) is 142 Å². The average molecular weight is 1030 g/mol. The number of hydrogen-bond acceptors (Lipinski definition) is 17. The van der Waals surface area contributed by atoms with Crippen LogP contribution in [-0.2, 0) is 46.6 Å². The minimum absolute atomic E-state index is 0.0208. The Hall–Kier alpha value is -1.97. The van der Waals surface area contributed by atoms with Crippen LogP contribution in [0, 0.1) is 11.8 Å². The van der Waals surface area contributed by atoms with Crippen molar-refractivity contribution in [1.29, 1.82) is 0 Å². The van der Waals surface area contributed by atoms with Gasteiger partial charge in [0.15, 0.2) is 6.10 Å². The van der Waals surface area contributed by atoms with Gasteiger partial charge < -0.3 is 59.9 Å². The molecule has 0 aromatic rings. The van der Waals surface area contributed by atoms with Crippen LogP contribution in [0.2, 0.25) is 0 Å². The largest absolute Gasteiger partial charge is 0.472 e. The van der Waals surface area contributed by atoms with E-state index in [2.05, 4.69) is 19.1 Å². The highest BCUT2D eigenvalue weighted by molar-refractivity contribution is 7.47. The number of phosphoric acid groups is 2. The maximum Gasteiger partial charge on any atom is 0.472 e. The Kier molecular flexibility index (Phi) is 31.5. The van der Waals surface area contributed by atoms with Crippen molar-refractivity contribution < 1.29 is 97.0 Å². The molecular formula is C47H84O20P2. The van der Waals surface area contributed by atoms with E-state index in [1.165, 1.54) is 38.5 Å². The molecule has 0 radical (unpaired) electrons. The third-order valence-electron chi connectivity index (χ3n) is 12.5. The number of aliphatic hydroxyl groups is 7. The molecule has 2 aliphatic rings. The summed E-state index contributed by atoms with van der Waals surface area (Å²) in [6, 6.07) is 0. The summed E-state index contributed by atoms with van der Waals surface area (Å²) in [6.45, 7) is 2.46. The Morgan fingerprint density at radius 3 is 2.03 bits per heavy atom. The molecule has 0 aromatic heterocycles. The monoisotopic (exact) mass is 1030 g/mol. The number of hydrogen-bond donors (Lipinski definition) is 10. The number of fused-ring (bicyclic) bond motifs is 4. The zero-order chi connectivity index (χ0) is 51.4. The van der Waals surface area contributed by atoms with E-state index in [-0.39, 0.29) is 38.5 Å². The summed E-state index contributed by atoms with van der Waals surface area (Å²) < 4.78 is 52.0. The minimum atomic E-state index is -5.81. The number of aliphatic hydroxyl groups excluding tert-OH is 7. The highest BCUT2D eigenvalue weighted by Gasteiger charge is 2.52. The maximum atomic E-state index is 13.7. The van der Waals surface area contributed by atoms with E-state index in [0.29, 0.717) is 12.8 Å². The Labute approximate surface area is 407 Å². The molecule has 0 aromatic carbocycles. The van der Waals surface area contributed by atoms with E-state index >= 15 is 0 Å². The average Bonchev–Trinajstić information content (AvgIpc) is 3.29. The van der Waals surface area contributed by atoms with Gasteiger partial charge in [0.1, 0.15) is 36.8 Å². The molecule has 1 heterocycles. The molecule has 1 aliphatic heterocycles. The number of ether oxygens (including phenoxy) is 2. The lowest BCUT2D eigenvalue weighted by atomic mass is 9.82. The predicted octanol–water partition coefficient (Wildman–Crippen LogP) is 5.29. The molecule has 13 atom stereocenters. The van der Waals surface area contributed by atoms with Crippen LogP contribution in [0.5, 0.6) is 0 Å². The first kappa shape index (κ1) is 63.1. The lowest BCUT2D eigenvalue weighted by Gasteiger charge is -2.38. The molecule has 10 N–H and O–H groups in total. The SMILES string of the molecule is CCCCCCCC/C=C\CCCCCCCC(=O)OC[C@@H]1COP(=O)(O)O[C@H]2[C@H](O)[C@@H](O)[C@H](O)[C@@H](CC(=O)CCCCC(=O)O1)[C@@H](O)C[C@@H](O)[C@H](/C=C/[C@@H](O)CCCCC)[C@@H](O)[C@H]2OP(=O)(O)O. The molecule has 1 aliphatic carbocycles. The van der Waals surface area contributed by atoms with E-state index in [1.54, 1.807) is 0 Å². The van der Waals surface area contributed by atoms with Crippen molar-refractivity contribution in [2.45, 2.75) is 229 Å². The second-order valence-electron chi connectivity index (χ2n) is 18.5. The summed E-state index contributed by atoms with van der Waals surface area (Å²) in [7, 11) is -11.5. The molecule has 20 nitrogen and oxygen atoms in total. The van der Waals surface area contributed by atoms with E-state index < -0.39 is 132 Å². The zero-order valence-electron chi connectivity index (χ0n) is 40.6. The first-order chi connectivity index (χ1) is 32.7. The Morgan fingerprint density at radius 1 is 0.797 bits per heavy atom. The number of carbonyl (C=O) groups is 3. The lowest BCUT2D eigenvalue weighted by Crippen LogP contribution is -2.56. The fourth-order valence-electron chi connectivity index (χ4n) is 8.43. The van der Waals surface area contributed by atoms with Crippen LogP contribution in [0.3, 0.4) is 0 Å². The Bertz CT molecular complexity index is 1610. The molecule has 0 spiro atoms. The van der Waals surface area contributed by atoms with Crippen LogP contribution >= 0.6 is 15.6 Å². The van der Waals surface area contributed by atoms with Gasteiger partial charge in [-0.2, -0.15) is 0 Å². The number of phosphoric ester groups is 2. The zero-order valence-corrected chi connectivity index (χ0v) is 42.4. The number of ketones is 1. The minimum Gasteiger partial charge on any atom is -0.462 e. The van der Waals surface area contributed by atoms with Gasteiger partial charge in [-0.3, -0.25) is 28.0 Å². The van der Waals surface area contributed by atoms with E-state index in [0.717, 1.165) is 63.5 Å². The van der Waals surface area contributed by atoms with Crippen LogP contribution < -0.4 is 0 Å². The Morgan fingerprint density at radius 2 is 1.39 bits per heavy atom. The van der Waals surface area contributed by atoms with Crippen molar-refractivity contribution in [2.75, 3.05) is 13.2 Å². The summed E-state index contributed by atoms with van der Waals surface area (Å²) in [6.07, 6.45) is -0.852. The normalized spacial score (nSPS) is 31.3. The molecule has 2 rings (SSSR count). The van der Waals surface area contributed by atoms with Crippen LogP contribution in [0.1, 0.15) is 168 Å². The van der Waals surface area contributed by atoms with Gasteiger partial charge in [-0.05, 0) is 51.4 Å². The molecule has 1 unspecified atom stereocenters.